The minimum absolute atomic E-state index is 0.108. The first kappa shape index (κ1) is 25.0. The van der Waals surface area contributed by atoms with Crippen LogP contribution in [0.25, 0.3) is 0 Å². The van der Waals surface area contributed by atoms with Crippen LogP contribution in [0.15, 0.2) is 65.6 Å². The summed E-state index contributed by atoms with van der Waals surface area (Å²) in [6, 6.07) is 13.3. The van der Waals surface area contributed by atoms with Crippen molar-refractivity contribution in [2.24, 2.45) is 0 Å². The zero-order valence-electron chi connectivity index (χ0n) is 19.0. The summed E-state index contributed by atoms with van der Waals surface area (Å²) < 4.78 is 44.2. The minimum Gasteiger partial charge on any atom is -0.463 e. The number of carbonyl (C=O) groups is 2. The van der Waals surface area contributed by atoms with Crippen molar-refractivity contribution < 1.29 is 32.2 Å². The molecule has 1 heterocycles. The van der Waals surface area contributed by atoms with Crippen LogP contribution in [0, 0.1) is 18.8 Å². The Hall–Kier alpha value is -3.61. The average Bonchev–Trinajstić information content (AvgIpc) is 2.78. The summed E-state index contributed by atoms with van der Waals surface area (Å²) in [5.41, 5.74) is 1.73. The molecule has 2 aromatic carbocycles. The summed E-state index contributed by atoms with van der Waals surface area (Å²) in [6.45, 7) is 4.31. The number of ether oxygens (including phenoxy) is 3. The molecule has 34 heavy (non-hydrogen) atoms. The third-order valence-corrected chi connectivity index (χ3v) is 6.15. The number of rotatable bonds is 6. The van der Waals surface area contributed by atoms with Gasteiger partial charge in [0.25, 0.3) is 10.0 Å². The van der Waals surface area contributed by atoms with Gasteiger partial charge in [-0.3, -0.25) is 14.3 Å². The Morgan fingerprint density at radius 2 is 1.74 bits per heavy atom. The van der Waals surface area contributed by atoms with E-state index in [2.05, 4.69) is 16.6 Å². The number of carbonyl (C=O) groups excluding carboxylic acids is 2. The predicted octanol–water partition coefficient (Wildman–Crippen LogP) is 2.97. The molecular weight excluding hydrogens is 458 g/mol. The topological polar surface area (TPSA) is 108 Å². The largest absolute Gasteiger partial charge is 0.463 e. The monoisotopic (exact) mass is 483 g/mol. The molecule has 0 radical (unpaired) electrons. The van der Waals surface area contributed by atoms with Crippen molar-refractivity contribution in [1.82, 2.24) is 0 Å². The zero-order valence-corrected chi connectivity index (χ0v) is 19.8. The molecule has 0 bridgehead atoms. The van der Waals surface area contributed by atoms with Gasteiger partial charge in [-0.15, -0.1) is 0 Å². The van der Waals surface area contributed by atoms with Gasteiger partial charge in [-0.25, -0.2) is 8.42 Å². The van der Waals surface area contributed by atoms with Crippen molar-refractivity contribution in [3.05, 3.63) is 71.8 Å². The number of aryl methyl sites for hydroxylation is 1. The van der Waals surface area contributed by atoms with E-state index in [9.17, 15) is 18.0 Å². The van der Waals surface area contributed by atoms with Crippen molar-refractivity contribution in [1.29, 1.82) is 0 Å². The summed E-state index contributed by atoms with van der Waals surface area (Å²) in [5, 5.41) is 0. The van der Waals surface area contributed by atoms with E-state index >= 15 is 0 Å². The van der Waals surface area contributed by atoms with E-state index in [1.807, 2.05) is 6.92 Å². The van der Waals surface area contributed by atoms with Crippen LogP contribution in [-0.2, 0) is 33.8 Å². The Morgan fingerprint density at radius 1 is 1.03 bits per heavy atom. The Kier molecular flexibility index (Phi) is 8.10. The third kappa shape index (κ3) is 6.94. The van der Waals surface area contributed by atoms with E-state index in [1.165, 1.54) is 26.0 Å². The number of hydrogen-bond acceptors (Lipinski definition) is 7. The van der Waals surface area contributed by atoms with Crippen molar-refractivity contribution >= 4 is 27.6 Å². The molecule has 2 aromatic rings. The summed E-state index contributed by atoms with van der Waals surface area (Å²) in [4.78, 5) is 22.7. The molecule has 3 rings (SSSR count). The standard InChI is InChI=1S/C25H25NO7S/c1-17-8-13-22(14-9-17)34(29,30)26-23-7-5-4-6-20(23)10-11-21-12-15-24(32-19(3)28)25(33-21)16-31-18(2)27/h4-9,12-15,21,24-26H,16H2,1-3H3/t21-,24+,25-/m1/s1. The molecule has 0 unspecified atom stereocenters. The smallest absolute Gasteiger partial charge is 0.303 e. The second kappa shape index (κ2) is 11.0. The van der Waals surface area contributed by atoms with Gasteiger partial charge in [0, 0.05) is 19.4 Å². The fourth-order valence-corrected chi connectivity index (χ4v) is 4.20. The van der Waals surface area contributed by atoms with Crippen LogP contribution in [0.3, 0.4) is 0 Å². The number of benzene rings is 2. The second-order valence-corrected chi connectivity index (χ2v) is 9.27. The molecule has 1 aliphatic rings. The first-order valence-corrected chi connectivity index (χ1v) is 12.0. The van der Waals surface area contributed by atoms with Crippen molar-refractivity contribution in [2.75, 3.05) is 11.3 Å². The van der Waals surface area contributed by atoms with Crippen molar-refractivity contribution in [2.45, 2.75) is 44.0 Å². The summed E-state index contributed by atoms with van der Waals surface area (Å²) in [7, 11) is -3.80. The lowest BCUT2D eigenvalue weighted by Crippen LogP contribution is -2.41. The molecular formula is C25H25NO7S. The van der Waals surface area contributed by atoms with Gasteiger partial charge in [0.15, 0.2) is 0 Å². The van der Waals surface area contributed by atoms with E-state index in [0.29, 0.717) is 11.3 Å². The first-order chi connectivity index (χ1) is 16.1. The average molecular weight is 484 g/mol. The van der Waals surface area contributed by atoms with Crippen LogP contribution in [0.2, 0.25) is 0 Å². The highest BCUT2D eigenvalue weighted by Gasteiger charge is 2.30. The molecule has 1 N–H and O–H groups in total. The van der Waals surface area contributed by atoms with Gasteiger partial charge in [-0.05, 0) is 43.3 Å². The predicted molar refractivity (Wildman–Crippen MR) is 125 cm³/mol. The first-order valence-electron chi connectivity index (χ1n) is 10.5. The maximum absolute atomic E-state index is 12.8. The molecule has 0 aliphatic carbocycles. The van der Waals surface area contributed by atoms with E-state index in [4.69, 9.17) is 14.2 Å². The third-order valence-electron chi connectivity index (χ3n) is 4.77. The van der Waals surface area contributed by atoms with Crippen LogP contribution in [0.5, 0.6) is 0 Å². The molecule has 0 spiro atoms. The Labute approximate surface area is 199 Å². The molecule has 0 fully saturated rings. The van der Waals surface area contributed by atoms with Gasteiger partial charge in [-0.1, -0.05) is 41.7 Å². The summed E-state index contributed by atoms with van der Waals surface area (Å²) in [5.74, 6) is 4.88. The van der Waals surface area contributed by atoms with Crippen molar-refractivity contribution in [3.8, 4) is 11.8 Å². The summed E-state index contributed by atoms with van der Waals surface area (Å²) in [6.07, 6.45) is 1.12. The fraction of sp³-hybridized carbons (Fsp3) is 0.280. The summed E-state index contributed by atoms with van der Waals surface area (Å²) >= 11 is 0. The van der Waals surface area contributed by atoms with E-state index in [1.54, 1.807) is 48.6 Å². The lowest BCUT2D eigenvalue weighted by atomic mass is 10.1. The Balaban J connectivity index is 1.80. The van der Waals surface area contributed by atoms with Gasteiger partial charge < -0.3 is 14.2 Å². The number of sulfonamides is 1. The SMILES string of the molecule is CC(=O)OC[C@H]1O[C@H](C#Cc2ccccc2NS(=O)(=O)c2ccc(C)cc2)C=C[C@@H]1OC(C)=O. The van der Waals surface area contributed by atoms with Crippen LogP contribution < -0.4 is 4.72 Å². The molecule has 0 amide bonds. The number of anilines is 1. The molecule has 178 valence electrons. The van der Waals surface area contributed by atoms with Gasteiger partial charge in [-0.2, -0.15) is 0 Å². The quantitative estimate of drug-likeness (QED) is 0.382. The maximum Gasteiger partial charge on any atom is 0.303 e. The molecule has 0 aromatic heterocycles. The lowest BCUT2D eigenvalue weighted by molar-refractivity contribution is -0.161. The van der Waals surface area contributed by atoms with Gasteiger partial charge in [0.1, 0.15) is 24.9 Å². The normalized spacial score (nSPS) is 19.4. The molecule has 1 aliphatic heterocycles. The van der Waals surface area contributed by atoms with Gasteiger partial charge >= 0.3 is 11.9 Å². The number of hydrogen-bond donors (Lipinski definition) is 1. The fourth-order valence-electron chi connectivity index (χ4n) is 3.12. The van der Waals surface area contributed by atoms with E-state index in [-0.39, 0.29) is 11.5 Å². The highest BCUT2D eigenvalue weighted by Crippen LogP contribution is 2.21. The number of para-hydroxylation sites is 1. The van der Waals surface area contributed by atoms with E-state index in [0.717, 1.165) is 5.56 Å². The van der Waals surface area contributed by atoms with Crippen LogP contribution in [0.1, 0.15) is 25.0 Å². The highest BCUT2D eigenvalue weighted by atomic mass is 32.2. The molecule has 0 saturated carbocycles. The minimum atomic E-state index is -3.80. The number of nitrogens with one attached hydrogen (secondary N) is 1. The second-order valence-electron chi connectivity index (χ2n) is 7.59. The van der Waals surface area contributed by atoms with Crippen molar-refractivity contribution in [3.63, 3.8) is 0 Å². The van der Waals surface area contributed by atoms with Gasteiger partial charge in [0.2, 0.25) is 0 Å². The maximum atomic E-state index is 12.8. The molecule has 3 atom stereocenters. The number of esters is 2. The van der Waals surface area contributed by atoms with Gasteiger partial charge in [0.05, 0.1) is 10.6 Å². The Bertz CT molecular complexity index is 1240. The van der Waals surface area contributed by atoms with Crippen LogP contribution in [0.4, 0.5) is 5.69 Å². The van der Waals surface area contributed by atoms with Crippen LogP contribution >= 0.6 is 0 Å². The molecule has 8 nitrogen and oxygen atoms in total. The zero-order chi connectivity index (χ0) is 24.7. The van der Waals surface area contributed by atoms with Crippen LogP contribution in [-0.4, -0.2) is 45.3 Å². The Morgan fingerprint density at radius 3 is 2.41 bits per heavy atom. The molecule has 9 heteroatoms. The van der Waals surface area contributed by atoms with E-state index < -0.39 is 40.3 Å². The highest BCUT2D eigenvalue weighted by molar-refractivity contribution is 7.92. The molecule has 0 saturated heterocycles. The lowest BCUT2D eigenvalue weighted by Gasteiger charge is -2.29.